The first kappa shape index (κ1) is 14.0. The van der Waals surface area contributed by atoms with Crippen LogP contribution in [0.3, 0.4) is 0 Å². The number of aromatic nitrogens is 2. The number of anilines is 1. The van der Waals surface area contributed by atoms with Gasteiger partial charge in [-0.25, -0.2) is 0 Å². The van der Waals surface area contributed by atoms with E-state index in [0.29, 0.717) is 5.95 Å². The Bertz CT molecular complexity index is 191. The van der Waals surface area contributed by atoms with Crippen molar-refractivity contribution in [3.63, 3.8) is 0 Å². The number of nitrogens with two attached hydrogens (primary N) is 1. The van der Waals surface area contributed by atoms with E-state index in [1.807, 2.05) is 0 Å². The van der Waals surface area contributed by atoms with Crippen LogP contribution in [-0.4, -0.2) is 14.7 Å². The molecule has 4 nitrogen and oxygen atoms in total. The van der Waals surface area contributed by atoms with Crippen molar-refractivity contribution in [2.45, 2.75) is 0 Å². The number of hydrogen-bond donors (Lipinski definition) is 2. The zero-order valence-electron chi connectivity index (χ0n) is 8.50. The molecular formula is C4H9KN3NaO. The Morgan fingerprint density at radius 3 is 2.40 bits per heavy atom. The molecular weight excluding hydrogens is 168 g/mol. The average Bonchev–Trinajstić information content (AvgIpc) is 1.85. The summed E-state index contributed by atoms with van der Waals surface area (Å²) in [5, 5.41) is 8.62. The van der Waals surface area contributed by atoms with Gasteiger partial charge in [-0.2, -0.15) is 4.98 Å². The molecule has 10 heavy (non-hydrogen) atoms. The second-order valence-corrected chi connectivity index (χ2v) is 1.57. The summed E-state index contributed by atoms with van der Waals surface area (Å²) in [7, 11) is 1.71. The molecule has 1 aromatic heterocycles. The molecule has 0 amide bonds. The second kappa shape index (κ2) is 6.02. The van der Waals surface area contributed by atoms with E-state index < -0.39 is 0 Å². The standard InChI is InChI=1S/C4H7N3O.K.Na.2H/c1-7-2-3(8)6-4(7)5;;;;/h2,8H,1H3,(H2,5,6);;;;/q;2*+1;2*-1. The van der Waals surface area contributed by atoms with E-state index in [1.165, 1.54) is 10.8 Å². The van der Waals surface area contributed by atoms with Crippen molar-refractivity contribution in [2.75, 3.05) is 5.73 Å². The number of aromatic hydroxyl groups is 1. The average molecular weight is 177 g/mol. The SMILES string of the molecule is Cn1cc(O)nc1N.[H-].[H-].[K+].[Na+]. The van der Waals surface area contributed by atoms with Crippen LogP contribution in [0.1, 0.15) is 2.85 Å². The number of nitrogen functional groups attached to an aromatic ring is 1. The molecule has 0 radical (unpaired) electrons. The maximum absolute atomic E-state index is 8.62. The molecule has 0 unspecified atom stereocenters. The van der Waals surface area contributed by atoms with Gasteiger partial charge in [0.2, 0.25) is 11.8 Å². The molecule has 0 aliphatic heterocycles. The van der Waals surface area contributed by atoms with E-state index in [9.17, 15) is 0 Å². The number of imidazole rings is 1. The predicted molar refractivity (Wildman–Crippen MR) is 31.5 cm³/mol. The van der Waals surface area contributed by atoms with E-state index in [2.05, 4.69) is 4.98 Å². The molecule has 1 aromatic rings. The second-order valence-electron chi connectivity index (χ2n) is 1.57. The largest absolute Gasteiger partial charge is 1.00 e. The van der Waals surface area contributed by atoms with Crippen molar-refractivity contribution in [3.8, 4) is 5.88 Å². The molecule has 6 heteroatoms. The summed E-state index contributed by atoms with van der Waals surface area (Å²) in [5.41, 5.74) is 5.23. The summed E-state index contributed by atoms with van der Waals surface area (Å²) < 4.78 is 1.54. The van der Waals surface area contributed by atoms with Gasteiger partial charge < -0.3 is 18.3 Å². The molecule has 0 aliphatic rings. The molecule has 0 saturated carbocycles. The van der Waals surface area contributed by atoms with Crippen molar-refractivity contribution in [2.24, 2.45) is 7.05 Å². The van der Waals surface area contributed by atoms with Gasteiger partial charge in [0.25, 0.3) is 0 Å². The molecule has 0 spiro atoms. The van der Waals surface area contributed by atoms with Gasteiger partial charge in [-0.3, -0.25) is 0 Å². The van der Waals surface area contributed by atoms with E-state index in [1.54, 1.807) is 7.05 Å². The van der Waals surface area contributed by atoms with Crippen molar-refractivity contribution in [1.29, 1.82) is 0 Å². The Kier molecular flexibility index (Phi) is 8.42. The summed E-state index contributed by atoms with van der Waals surface area (Å²) in [4.78, 5) is 3.51. The quantitative estimate of drug-likeness (QED) is 0.388. The number of rotatable bonds is 0. The van der Waals surface area contributed by atoms with Crippen LogP contribution in [0.5, 0.6) is 5.88 Å². The minimum Gasteiger partial charge on any atom is -1.00 e. The molecule has 0 bridgehead atoms. The summed E-state index contributed by atoms with van der Waals surface area (Å²) in [6.07, 6.45) is 1.44. The number of nitrogens with zero attached hydrogens (tertiary/aromatic N) is 2. The van der Waals surface area contributed by atoms with Crippen LogP contribution in [0.25, 0.3) is 0 Å². The van der Waals surface area contributed by atoms with E-state index >= 15 is 0 Å². The van der Waals surface area contributed by atoms with E-state index in [0.717, 1.165) is 0 Å². The molecule has 0 atom stereocenters. The van der Waals surface area contributed by atoms with Gasteiger partial charge in [0.1, 0.15) is 0 Å². The van der Waals surface area contributed by atoms with Crippen LogP contribution in [-0.2, 0) is 7.05 Å². The predicted octanol–water partition coefficient (Wildman–Crippen LogP) is -6.06. The zero-order chi connectivity index (χ0) is 6.15. The van der Waals surface area contributed by atoms with Crippen molar-refractivity contribution in [1.82, 2.24) is 9.55 Å². The van der Waals surface area contributed by atoms with Gasteiger partial charge in [-0.15, -0.1) is 0 Å². The van der Waals surface area contributed by atoms with E-state index in [-0.39, 0.29) is 89.7 Å². The van der Waals surface area contributed by atoms with Gasteiger partial charge in [-0.1, -0.05) is 0 Å². The molecule has 0 fully saturated rings. The van der Waals surface area contributed by atoms with Crippen molar-refractivity contribution >= 4 is 5.95 Å². The van der Waals surface area contributed by atoms with E-state index in [4.69, 9.17) is 10.8 Å². The van der Waals surface area contributed by atoms with Gasteiger partial charge in [0, 0.05) is 7.05 Å². The first-order chi connectivity index (χ1) is 3.70. The normalized spacial score (nSPS) is 7.70. The minimum atomic E-state index is -0.0370. The van der Waals surface area contributed by atoms with Crippen LogP contribution >= 0.6 is 0 Å². The minimum absolute atomic E-state index is 0. The molecule has 1 heterocycles. The van der Waals surface area contributed by atoms with Crippen LogP contribution in [0.15, 0.2) is 6.20 Å². The summed E-state index contributed by atoms with van der Waals surface area (Å²) in [5.74, 6) is 0.285. The van der Waals surface area contributed by atoms with Gasteiger partial charge >= 0.3 is 80.9 Å². The molecule has 0 aliphatic carbocycles. The Labute approximate surface area is 127 Å². The first-order valence-corrected chi connectivity index (χ1v) is 2.18. The van der Waals surface area contributed by atoms with Crippen molar-refractivity contribution in [3.05, 3.63) is 6.20 Å². The Hall–Kier alpha value is 1.45. The Balaban J connectivity index is -0.0000000800. The maximum atomic E-state index is 8.62. The van der Waals surface area contributed by atoms with Crippen molar-refractivity contribution < 1.29 is 88.9 Å². The fourth-order valence-electron chi connectivity index (χ4n) is 0.464. The molecule has 3 N–H and O–H groups in total. The fraction of sp³-hybridized carbons (Fsp3) is 0.250. The third-order valence-corrected chi connectivity index (χ3v) is 0.900. The van der Waals surface area contributed by atoms with Crippen LogP contribution in [0.2, 0.25) is 0 Å². The monoisotopic (exact) mass is 177 g/mol. The molecule has 0 aromatic carbocycles. The molecule has 0 saturated heterocycles. The summed E-state index contributed by atoms with van der Waals surface area (Å²) in [6.45, 7) is 0. The van der Waals surface area contributed by atoms with Gasteiger partial charge in [-0.05, 0) is 0 Å². The number of aryl methyl sites for hydroxylation is 1. The summed E-state index contributed by atoms with van der Waals surface area (Å²) >= 11 is 0. The Morgan fingerprint density at radius 2 is 2.30 bits per heavy atom. The topological polar surface area (TPSA) is 64.1 Å². The third-order valence-electron chi connectivity index (χ3n) is 0.900. The van der Waals surface area contributed by atoms with Crippen LogP contribution in [0, 0.1) is 0 Å². The molecule has 48 valence electrons. The Morgan fingerprint density at radius 1 is 1.80 bits per heavy atom. The fourth-order valence-corrected chi connectivity index (χ4v) is 0.464. The maximum Gasteiger partial charge on any atom is 1.00 e. The zero-order valence-corrected chi connectivity index (χ0v) is 11.6. The van der Waals surface area contributed by atoms with Crippen LogP contribution < -0.4 is 86.7 Å². The van der Waals surface area contributed by atoms with Crippen LogP contribution in [0.4, 0.5) is 5.95 Å². The van der Waals surface area contributed by atoms with Gasteiger partial charge in [0.15, 0.2) is 0 Å². The molecule has 1 rings (SSSR count). The smallest absolute Gasteiger partial charge is 1.00 e. The third kappa shape index (κ3) is 3.73. The first-order valence-electron chi connectivity index (χ1n) is 2.18. The number of hydrogen-bond acceptors (Lipinski definition) is 3. The van der Waals surface area contributed by atoms with Gasteiger partial charge in [0.05, 0.1) is 6.20 Å². The summed E-state index contributed by atoms with van der Waals surface area (Å²) in [6, 6.07) is 0.